The van der Waals surface area contributed by atoms with Crippen LogP contribution in [0.15, 0.2) is 164 Å². The molecule has 2 heterocycles. The molecule has 4 nitrogen and oxygen atoms in total. The van der Waals surface area contributed by atoms with Crippen molar-refractivity contribution in [2.75, 3.05) is 10.2 Å². The van der Waals surface area contributed by atoms with Crippen LogP contribution in [-0.2, 0) is 6.42 Å². The van der Waals surface area contributed by atoms with Crippen molar-refractivity contribution >= 4 is 67.1 Å². The number of allylic oxidation sites excluding steroid dienone is 6. The van der Waals surface area contributed by atoms with Crippen LogP contribution in [0.1, 0.15) is 71.8 Å². The van der Waals surface area contributed by atoms with Gasteiger partial charge in [0, 0.05) is 5.39 Å². The van der Waals surface area contributed by atoms with Crippen LogP contribution in [0.2, 0.25) is 0 Å². The van der Waals surface area contributed by atoms with Crippen molar-refractivity contribution in [3.63, 3.8) is 0 Å². The molecule has 12 rings (SSSR count). The Morgan fingerprint density at radius 2 is 1.41 bits per heavy atom. The fraction of sp³-hybridized carbons (Fsp3) is 0.130. The lowest BCUT2D eigenvalue weighted by atomic mass is 9.82. The van der Waals surface area contributed by atoms with Crippen molar-refractivity contribution in [1.29, 1.82) is 0 Å². The highest BCUT2D eigenvalue weighted by molar-refractivity contribution is 6.10. The van der Waals surface area contributed by atoms with Gasteiger partial charge in [-0.3, -0.25) is 0 Å². The van der Waals surface area contributed by atoms with Gasteiger partial charge < -0.3 is 14.8 Å². The SMILES string of the molecule is C1=CCCC(c2nc3c(n2C2CC=Cc4c2cc2c(N5c6ccccc6NC5c5ccccc5)cccc2c4-c2ccc4cc5ccccc5cc4c2)C=CCC3)=C1. The third kappa shape index (κ3) is 5.25. The lowest BCUT2D eigenvalue weighted by molar-refractivity contribution is 0.574. The lowest BCUT2D eigenvalue weighted by Crippen LogP contribution is -2.24. The topological polar surface area (TPSA) is 33.1 Å². The number of benzene rings is 7. The summed E-state index contributed by atoms with van der Waals surface area (Å²) < 4.78 is 2.60. The minimum Gasteiger partial charge on any atom is -0.359 e. The van der Waals surface area contributed by atoms with Crippen LogP contribution >= 0.6 is 0 Å². The molecule has 0 fully saturated rings. The van der Waals surface area contributed by atoms with E-state index < -0.39 is 0 Å². The summed E-state index contributed by atoms with van der Waals surface area (Å²) in [5.41, 5.74) is 13.7. The van der Waals surface area contributed by atoms with Crippen LogP contribution in [-0.4, -0.2) is 9.55 Å². The van der Waals surface area contributed by atoms with Gasteiger partial charge in [-0.25, -0.2) is 4.98 Å². The first kappa shape index (κ1) is 33.3. The first-order valence-electron chi connectivity index (χ1n) is 20.8. The molecule has 3 aliphatic carbocycles. The number of hydrogen-bond acceptors (Lipinski definition) is 3. The number of nitrogens with one attached hydrogen (secondary N) is 1. The van der Waals surface area contributed by atoms with Gasteiger partial charge in [0.1, 0.15) is 12.0 Å². The minimum absolute atomic E-state index is 0.0583. The highest BCUT2D eigenvalue weighted by Crippen LogP contribution is 2.51. The second kappa shape index (κ2) is 13.3. The zero-order valence-electron chi connectivity index (χ0n) is 32.3. The highest BCUT2D eigenvalue weighted by Gasteiger charge is 2.34. The van der Waals surface area contributed by atoms with Crippen molar-refractivity contribution in [2.45, 2.75) is 44.3 Å². The van der Waals surface area contributed by atoms with E-state index in [2.05, 4.69) is 191 Å². The normalized spacial score (nSPS) is 18.0. The maximum absolute atomic E-state index is 5.44. The summed E-state index contributed by atoms with van der Waals surface area (Å²) in [4.78, 5) is 7.97. The van der Waals surface area contributed by atoms with E-state index in [4.69, 9.17) is 4.98 Å². The van der Waals surface area contributed by atoms with Crippen LogP contribution in [0.25, 0.3) is 61.2 Å². The van der Waals surface area contributed by atoms with Crippen molar-refractivity contribution in [3.05, 3.63) is 198 Å². The third-order valence-corrected chi connectivity index (χ3v) is 12.8. The molecule has 0 saturated heterocycles. The molecule has 0 spiro atoms. The Morgan fingerprint density at radius 3 is 2.29 bits per heavy atom. The summed E-state index contributed by atoms with van der Waals surface area (Å²) in [6.45, 7) is 0. The van der Waals surface area contributed by atoms with Gasteiger partial charge in [0.15, 0.2) is 0 Å². The standard InChI is InChI=1S/C54H42N4/c1-3-15-35(16-4-1)53-55-46-23-9-11-25-50(46)57(53)48-27-13-21-42-44(48)34-45-43(52(42)40-30-29-39-31-37-19-7-8-20-38(37)32-41(39)33-40)22-14-28-49(45)58-51-26-12-10-24-47(51)56-54(58)36-17-5-2-6-18-36/h1-5,7-9,11-17,19-23,25-27,29-34,49,53,55H,6,10,18,24,28H2. The molecule has 4 aliphatic rings. The van der Waals surface area contributed by atoms with Gasteiger partial charge in [-0.2, -0.15) is 0 Å². The molecule has 2 unspecified atom stereocenters. The van der Waals surface area contributed by atoms with Crippen LogP contribution in [0.3, 0.4) is 0 Å². The lowest BCUT2D eigenvalue weighted by Gasteiger charge is -2.32. The van der Waals surface area contributed by atoms with Crippen LogP contribution < -0.4 is 10.2 Å². The summed E-state index contributed by atoms with van der Waals surface area (Å²) in [5.74, 6) is 1.13. The Kier molecular flexibility index (Phi) is 7.65. The molecule has 4 heteroatoms. The van der Waals surface area contributed by atoms with Crippen molar-refractivity contribution in [1.82, 2.24) is 9.55 Å². The van der Waals surface area contributed by atoms with Crippen LogP contribution in [0.4, 0.5) is 17.1 Å². The Hall–Kier alpha value is -6.91. The van der Waals surface area contributed by atoms with E-state index in [-0.39, 0.29) is 12.2 Å². The van der Waals surface area contributed by atoms with E-state index in [0.717, 1.165) is 43.6 Å². The fourth-order valence-corrected chi connectivity index (χ4v) is 10.1. The zero-order valence-corrected chi connectivity index (χ0v) is 32.3. The summed E-state index contributed by atoms with van der Waals surface area (Å²) in [5, 5.41) is 11.4. The zero-order chi connectivity index (χ0) is 38.2. The summed E-state index contributed by atoms with van der Waals surface area (Å²) >= 11 is 0. The molecule has 0 amide bonds. The second-order valence-corrected chi connectivity index (χ2v) is 16.1. The fourth-order valence-electron chi connectivity index (χ4n) is 10.1. The molecular formula is C54H42N4. The third-order valence-electron chi connectivity index (χ3n) is 12.8. The number of imidazole rings is 1. The van der Waals surface area contributed by atoms with E-state index >= 15 is 0 Å². The molecule has 8 aromatic rings. The summed E-state index contributed by atoms with van der Waals surface area (Å²) in [6, 6.07) is 49.6. The Morgan fingerprint density at radius 1 is 0.621 bits per heavy atom. The molecule has 2 atom stereocenters. The Balaban J connectivity index is 1.15. The number of aromatic nitrogens is 2. The molecule has 58 heavy (non-hydrogen) atoms. The van der Waals surface area contributed by atoms with Gasteiger partial charge in [-0.15, -0.1) is 0 Å². The predicted octanol–water partition coefficient (Wildman–Crippen LogP) is 14.0. The second-order valence-electron chi connectivity index (χ2n) is 16.1. The first-order chi connectivity index (χ1) is 28.8. The summed E-state index contributed by atoms with van der Waals surface area (Å²) in [6.07, 6.45) is 21.2. The summed E-state index contributed by atoms with van der Waals surface area (Å²) in [7, 11) is 0. The number of fused-ring (bicyclic) bond motifs is 6. The van der Waals surface area contributed by atoms with Gasteiger partial charge >= 0.3 is 0 Å². The Bertz CT molecular complexity index is 3090. The Labute approximate surface area is 338 Å². The van der Waals surface area contributed by atoms with Crippen molar-refractivity contribution < 1.29 is 0 Å². The number of para-hydroxylation sites is 2. The molecule has 0 bridgehead atoms. The number of anilines is 3. The number of aryl methyl sites for hydroxylation is 1. The number of hydrogen-bond donors (Lipinski definition) is 1. The average molecular weight is 747 g/mol. The molecule has 1 aliphatic heterocycles. The van der Waals surface area contributed by atoms with Crippen molar-refractivity contribution in [3.8, 4) is 11.1 Å². The molecule has 1 aromatic heterocycles. The largest absolute Gasteiger partial charge is 0.359 e. The van der Waals surface area contributed by atoms with Crippen LogP contribution in [0, 0.1) is 0 Å². The molecular weight excluding hydrogens is 705 g/mol. The molecule has 0 saturated carbocycles. The van der Waals surface area contributed by atoms with E-state index in [0.29, 0.717) is 0 Å². The average Bonchev–Trinajstić information content (AvgIpc) is 3.87. The van der Waals surface area contributed by atoms with E-state index in [1.54, 1.807) is 0 Å². The van der Waals surface area contributed by atoms with Crippen LogP contribution in [0.5, 0.6) is 0 Å². The van der Waals surface area contributed by atoms with Gasteiger partial charge in [0.05, 0.1) is 34.5 Å². The van der Waals surface area contributed by atoms with E-state index in [1.165, 1.54) is 88.5 Å². The maximum atomic E-state index is 5.44. The predicted molar refractivity (Wildman–Crippen MR) is 244 cm³/mol. The quantitative estimate of drug-likeness (QED) is 0.178. The smallest absolute Gasteiger partial charge is 0.137 e. The van der Waals surface area contributed by atoms with E-state index in [9.17, 15) is 0 Å². The van der Waals surface area contributed by atoms with Gasteiger partial charge in [0.25, 0.3) is 0 Å². The minimum atomic E-state index is -0.0583. The number of rotatable bonds is 5. The maximum Gasteiger partial charge on any atom is 0.137 e. The molecule has 278 valence electrons. The molecule has 0 radical (unpaired) electrons. The molecule has 7 aromatic carbocycles. The van der Waals surface area contributed by atoms with Gasteiger partial charge in [-0.1, -0.05) is 127 Å². The van der Waals surface area contributed by atoms with Gasteiger partial charge in [-0.05, 0) is 141 Å². The van der Waals surface area contributed by atoms with Gasteiger partial charge in [0.2, 0.25) is 0 Å². The first-order valence-corrected chi connectivity index (χ1v) is 20.8. The number of nitrogens with zero attached hydrogens (tertiary/aromatic N) is 3. The van der Waals surface area contributed by atoms with Crippen molar-refractivity contribution in [2.24, 2.45) is 0 Å². The highest BCUT2D eigenvalue weighted by atomic mass is 15.3. The van der Waals surface area contributed by atoms with E-state index in [1.807, 2.05) is 0 Å². The molecule has 1 N–H and O–H groups in total. The monoisotopic (exact) mass is 746 g/mol.